The maximum Gasteiger partial charge on any atom is 0.537 e. The van der Waals surface area contributed by atoms with Crippen LogP contribution in [0.5, 0.6) is 0 Å². The van der Waals surface area contributed by atoms with Crippen LogP contribution in [0, 0.1) is 0 Å². The van der Waals surface area contributed by atoms with E-state index in [0.717, 1.165) is 0 Å². The fourth-order valence-corrected chi connectivity index (χ4v) is 0.188. The molecule has 0 aromatic rings. The highest BCUT2D eigenvalue weighted by Crippen LogP contribution is 1.64. The number of hydrogen-bond donors (Lipinski definition) is 4. The van der Waals surface area contributed by atoms with Crippen LogP contribution in [0.4, 0.5) is 9.59 Å². The van der Waals surface area contributed by atoms with Crippen molar-refractivity contribution in [3.8, 4) is 0 Å². The maximum absolute atomic E-state index is 9.89. The standard InChI is InChI=1S/C2H6BN4O4/c4-1(8)6-10-3-11-7-2(5)9/h(H3,4,6,8)(H3,5,7,9). The molecule has 61 valence electrons. The highest BCUT2D eigenvalue weighted by Gasteiger charge is 1.97. The summed E-state index contributed by atoms with van der Waals surface area (Å²) in [5.41, 5.74) is 12.5. The molecule has 4 amide bonds. The minimum atomic E-state index is -0.899. The molecule has 11 heavy (non-hydrogen) atoms. The van der Waals surface area contributed by atoms with Gasteiger partial charge in [0.05, 0.1) is 0 Å². The number of rotatable bonds is 4. The molecule has 0 saturated carbocycles. The van der Waals surface area contributed by atoms with Crippen molar-refractivity contribution >= 4 is 19.7 Å². The lowest BCUT2D eigenvalue weighted by Gasteiger charge is -2.00. The van der Waals surface area contributed by atoms with Crippen molar-refractivity contribution in [1.82, 2.24) is 11.0 Å². The smallest absolute Gasteiger partial charge is 0.350 e. The Morgan fingerprint density at radius 2 is 1.45 bits per heavy atom. The normalized spacial score (nSPS) is 8.36. The van der Waals surface area contributed by atoms with E-state index >= 15 is 0 Å². The minimum absolute atomic E-state index is 0.621. The van der Waals surface area contributed by atoms with Crippen molar-refractivity contribution in [2.24, 2.45) is 11.5 Å². The quantitative estimate of drug-likeness (QED) is 0.210. The van der Waals surface area contributed by atoms with Crippen LogP contribution in [-0.4, -0.2) is 19.7 Å². The lowest BCUT2D eigenvalue weighted by Crippen LogP contribution is -2.36. The Morgan fingerprint density at radius 3 is 1.73 bits per heavy atom. The molecular weight excluding hydrogens is 155 g/mol. The van der Waals surface area contributed by atoms with Gasteiger partial charge < -0.3 is 11.5 Å². The number of amides is 4. The monoisotopic (exact) mass is 161 g/mol. The molecule has 0 bridgehead atoms. The first-order valence-corrected chi connectivity index (χ1v) is 2.37. The highest BCUT2D eigenvalue weighted by molar-refractivity contribution is 6.18. The van der Waals surface area contributed by atoms with E-state index in [1.165, 1.54) is 0 Å². The van der Waals surface area contributed by atoms with Crippen molar-refractivity contribution in [2.75, 3.05) is 0 Å². The predicted octanol–water partition coefficient (Wildman–Crippen LogP) is -2.28. The van der Waals surface area contributed by atoms with Gasteiger partial charge in [-0.05, 0) is 0 Å². The number of nitrogens with two attached hydrogens (primary N) is 2. The SMILES string of the molecule is NC(=O)NO[B]ONC(N)=O. The number of hydroxylamine groups is 2. The summed E-state index contributed by atoms with van der Waals surface area (Å²) in [5.74, 6) is 0. The highest BCUT2D eigenvalue weighted by atomic mass is 16.7. The summed E-state index contributed by atoms with van der Waals surface area (Å²) < 4.78 is 8.21. The number of urea groups is 2. The zero-order chi connectivity index (χ0) is 8.69. The van der Waals surface area contributed by atoms with Gasteiger partial charge in [-0.1, -0.05) is 0 Å². The molecule has 0 aliphatic rings. The molecule has 0 aliphatic carbocycles. The molecule has 0 unspecified atom stereocenters. The summed E-state index contributed by atoms with van der Waals surface area (Å²) in [4.78, 5) is 19.8. The number of carbonyl (C=O) groups excluding carboxylic acids is 2. The molecule has 0 atom stereocenters. The van der Waals surface area contributed by atoms with Crippen LogP contribution in [-0.2, 0) is 9.51 Å². The second-order valence-electron chi connectivity index (χ2n) is 1.26. The number of primary amides is 2. The lowest BCUT2D eigenvalue weighted by molar-refractivity contribution is 0.125. The van der Waals surface area contributed by atoms with Crippen LogP contribution in [0.25, 0.3) is 0 Å². The Kier molecular flexibility index (Phi) is 4.61. The second-order valence-corrected chi connectivity index (χ2v) is 1.26. The molecule has 0 saturated heterocycles. The van der Waals surface area contributed by atoms with Crippen LogP contribution in [0.1, 0.15) is 0 Å². The Morgan fingerprint density at radius 1 is 1.09 bits per heavy atom. The van der Waals surface area contributed by atoms with Gasteiger partial charge in [0.25, 0.3) is 0 Å². The van der Waals surface area contributed by atoms with Gasteiger partial charge in [0.2, 0.25) is 0 Å². The van der Waals surface area contributed by atoms with Crippen molar-refractivity contribution < 1.29 is 19.1 Å². The first-order chi connectivity index (χ1) is 5.13. The van der Waals surface area contributed by atoms with E-state index in [1.54, 1.807) is 11.0 Å². The zero-order valence-corrected chi connectivity index (χ0v) is 5.37. The average Bonchev–Trinajstić information content (AvgIpc) is 1.85. The van der Waals surface area contributed by atoms with E-state index in [1.807, 2.05) is 0 Å². The molecule has 1 radical (unpaired) electrons. The van der Waals surface area contributed by atoms with Crippen LogP contribution < -0.4 is 22.4 Å². The predicted molar refractivity (Wildman–Crippen MR) is 33.4 cm³/mol. The van der Waals surface area contributed by atoms with E-state index in [4.69, 9.17) is 0 Å². The average molecular weight is 161 g/mol. The van der Waals surface area contributed by atoms with Gasteiger partial charge in [0, 0.05) is 0 Å². The van der Waals surface area contributed by atoms with E-state index in [0.29, 0.717) is 7.69 Å². The number of carbonyl (C=O) groups is 2. The van der Waals surface area contributed by atoms with Crippen molar-refractivity contribution in [3.05, 3.63) is 0 Å². The molecular formula is C2H6BN4O4. The molecule has 8 nitrogen and oxygen atoms in total. The fourth-order valence-electron chi connectivity index (χ4n) is 0.188. The summed E-state index contributed by atoms with van der Waals surface area (Å²) in [7, 11) is 0.621. The van der Waals surface area contributed by atoms with Gasteiger partial charge in [0.1, 0.15) is 0 Å². The molecule has 0 heterocycles. The largest absolute Gasteiger partial charge is 0.537 e. The van der Waals surface area contributed by atoms with E-state index < -0.39 is 12.1 Å². The van der Waals surface area contributed by atoms with Crippen LogP contribution >= 0.6 is 0 Å². The van der Waals surface area contributed by atoms with Gasteiger partial charge in [-0.3, -0.25) is 9.51 Å². The molecule has 6 N–H and O–H groups in total. The van der Waals surface area contributed by atoms with Crippen LogP contribution in [0.3, 0.4) is 0 Å². The summed E-state index contributed by atoms with van der Waals surface area (Å²) in [6.07, 6.45) is 0. The van der Waals surface area contributed by atoms with E-state index in [2.05, 4.69) is 21.0 Å². The Balaban J connectivity index is 3.03. The van der Waals surface area contributed by atoms with Gasteiger partial charge >= 0.3 is 19.7 Å². The molecule has 0 aromatic carbocycles. The third-order valence-electron chi connectivity index (χ3n) is 0.415. The number of hydrogen-bond acceptors (Lipinski definition) is 4. The third-order valence-corrected chi connectivity index (χ3v) is 0.415. The van der Waals surface area contributed by atoms with Crippen LogP contribution in [0.15, 0.2) is 0 Å². The molecule has 0 rings (SSSR count). The first kappa shape index (κ1) is 9.52. The molecule has 0 aliphatic heterocycles. The minimum Gasteiger partial charge on any atom is -0.350 e. The van der Waals surface area contributed by atoms with Crippen molar-refractivity contribution in [1.29, 1.82) is 0 Å². The summed E-state index contributed by atoms with van der Waals surface area (Å²) in [6.45, 7) is 0. The molecule has 0 spiro atoms. The van der Waals surface area contributed by atoms with Crippen molar-refractivity contribution in [2.45, 2.75) is 0 Å². The molecule has 0 fully saturated rings. The Labute approximate surface area is 62.4 Å². The van der Waals surface area contributed by atoms with Crippen LogP contribution in [0.2, 0.25) is 0 Å². The van der Waals surface area contributed by atoms with Gasteiger partial charge in [-0.15, -0.1) is 0 Å². The Hall–Kier alpha value is -1.48. The topological polar surface area (TPSA) is 129 Å². The van der Waals surface area contributed by atoms with Gasteiger partial charge in [-0.25, -0.2) is 20.5 Å². The summed E-state index contributed by atoms with van der Waals surface area (Å²) >= 11 is 0. The molecule has 0 aromatic heterocycles. The fraction of sp³-hybridized carbons (Fsp3) is 0. The van der Waals surface area contributed by atoms with Gasteiger partial charge in [0.15, 0.2) is 0 Å². The summed E-state index contributed by atoms with van der Waals surface area (Å²) in [6, 6.07) is -1.80. The zero-order valence-electron chi connectivity index (χ0n) is 5.37. The van der Waals surface area contributed by atoms with E-state index in [9.17, 15) is 9.59 Å². The van der Waals surface area contributed by atoms with Crippen molar-refractivity contribution in [3.63, 3.8) is 0 Å². The lowest BCUT2D eigenvalue weighted by atomic mass is 10.4. The third kappa shape index (κ3) is 8.52. The Bertz CT molecular complexity index is 135. The molecule has 9 heteroatoms. The van der Waals surface area contributed by atoms with E-state index in [-0.39, 0.29) is 0 Å². The number of nitrogens with one attached hydrogen (secondary N) is 2. The first-order valence-electron chi connectivity index (χ1n) is 2.37. The second kappa shape index (κ2) is 5.32. The van der Waals surface area contributed by atoms with Gasteiger partial charge in [-0.2, -0.15) is 0 Å². The summed E-state index contributed by atoms with van der Waals surface area (Å²) in [5, 5.41) is 0. The maximum atomic E-state index is 9.89.